The number of aliphatic carboxylic acids is 1. The van der Waals surface area contributed by atoms with Crippen molar-refractivity contribution in [2.45, 2.75) is 6.04 Å². The van der Waals surface area contributed by atoms with Crippen LogP contribution >= 0.6 is 12.4 Å². The van der Waals surface area contributed by atoms with Crippen LogP contribution in [0.15, 0.2) is 36.0 Å². The van der Waals surface area contributed by atoms with E-state index in [1.54, 1.807) is 0 Å². The predicted molar refractivity (Wildman–Crippen MR) is 68.4 cm³/mol. The Kier molecular flexibility index (Phi) is 4.50. The van der Waals surface area contributed by atoms with E-state index in [1.165, 1.54) is 37.5 Å². The highest BCUT2D eigenvalue weighted by molar-refractivity contribution is 5.92. The van der Waals surface area contributed by atoms with Crippen LogP contribution in [0.4, 0.5) is 9.18 Å². The number of hydrogen-bond donors (Lipinski definition) is 2. The first-order valence-electron chi connectivity index (χ1n) is 5.23. The molecule has 2 amide bonds. The molecular formula is C12H12ClFN2O3. The van der Waals surface area contributed by atoms with Crippen LogP contribution in [-0.4, -0.2) is 29.1 Å². The molecule has 2 rings (SSSR count). The molecule has 1 aliphatic rings. The Labute approximate surface area is 115 Å². The normalized spacial score (nSPS) is 18.2. The Morgan fingerprint density at radius 1 is 1.37 bits per heavy atom. The van der Waals surface area contributed by atoms with Gasteiger partial charge in [-0.25, -0.2) is 14.0 Å². The van der Waals surface area contributed by atoms with Gasteiger partial charge in [-0.3, -0.25) is 0 Å². The molecule has 0 aliphatic carbocycles. The maximum Gasteiger partial charge on any atom is 0.335 e. The summed E-state index contributed by atoms with van der Waals surface area (Å²) in [5, 5.41) is 11.7. The van der Waals surface area contributed by atoms with Gasteiger partial charge >= 0.3 is 12.0 Å². The minimum Gasteiger partial charge on any atom is -0.478 e. The third-order valence-electron chi connectivity index (χ3n) is 2.68. The number of carboxylic acids is 1. The largest absolute Gasteiger partial charge is 0.478 e. The molecule has 0 spiro atoms. The van der Waals surface area contributed by atoms with E-state index in [4.69, 9.17) is 5.11 Å². The molecule has 0 bridgehead atoms. The van der Waals surface area contributed by atoms with E-state index in [9.17, 15) is 14.0 Å². The van der Waals surface area contributed by atoms with Crippen LogP contribution in [0.5, 0.6) is 0 Å². The zero-order valence-corrected chi connectivity index (χ0v) is 10.8. The Morgan fingerprint density at radius 3 is 2.47 bits per heavy atom. The van der Waals surface area contributed by atoms with Crippen molar-refractivity contribution in [3.8, 4) is 0 Å². The summed E-state index contributed by atoms with van der Waals surface area (Å²) in [6.45, 7) is 0. The van der Waals surface area contributed by atoms with E-state index in [0.717, 1.165) is 4.90 Å². The molecule has 0 saturated carbocycles. The van der Waals surface area contributed by atoms with Crippen molar-refractivity contribution in [3.05, 3.63) is 47.4 Å². The third-order valence-corrected chi connectivity index (χ3v) is 2.68. The van der Waals surface area contributed by atoms with Gasteiger partial charge in [0.1, 0.15) is 5.82 Å². The molecule has 0 aromatic heterocycles. The van der Waals surface area contributed by atoms with Gasteiger partial charge in [0.25, 0.3) is 0 Å². The molecule has 2 N–H and O–H groups in total. The molecule has 1 heterocycles. The highest BCUT2D eigenvalue weighted by Crippen LogP contribution is 2.25. The number of benzene rings is 1. The Hall–Kier alpha value is -2.08. The minimum absolute atomic E-state index is 0. The average Bonchev–Trinajstić information content (AvgIpc) is 2.33. The van der Waals surface area contributed by atoms with Crippen molar-refractivity contribution < 1.29 is 19.1 Å². The zero-order chi connectivity index (χ0) is 13.3. The fraction of sp³-hybridized carbons (Fsp3) is 0.167. The molecule has 7 heteroatoms. The van der Waals surface area contributed by atoms with Crippen molar-refractivity contribution in [2.75, 3.05) is 7.05 Å². The van der Waals surface area contributed by atoms with E-state index in [1.807, 2.05) is 0 Å². The van der Waals surface area contributed by atoms with Crippen molar-refractivity contribution in [1.82, 2.24) is 10.2 Å². The first-order chi connectivity index (χ1) is 8.49. The standard InChI is InChI=1S/C12H11FN2O3.ClH/c1-15-6-9(11(16)17)10(14-12(15)18)7-2-4-8(13)5-3-7;/h2-6,10H,1H3,(H,14,18)(H,16,17);1H/t10-;/m0./s1. The van der Waals surface area contributed by atoms with Crippen molar-refractivity contribution in [1.29, 1.82) is 0 Å². The summed E-state index contributed by atoms with van der Waals surface area (Å²) in [6.07, 6.45) is 1.26. The lowest BCUT2D eigenvalue weighted by Gasteiger charge is -2.28. The van der Waals surface area contributed by atoms with Crippen LogP contribution < -0.4 is 5.32 Å². The second-order valence-electron chi connectivity index (χ2n) is 3.93. The molecule has 0 saturated heterocycles. The topological polar surface area (TPSA) is 69.6 Å². The van der Waals surface area contributed by atoms with Crippen molar-refractivity contribution >= 4 is 24.4 Å². The highest BCUT2D eigenvalue weighted by Gasteiger charge is 2.30. The molecule has 19 heavy (non-hydrogen) atoms. The van der Waals surface area contributed by atoms with Gasteiger partial charge in [-0.2, -0.15) is 0 Å². The maximum atomic E-state index is 12.8. The van der Waals surface area contributed by atoms with Crippen LogP contribution in [0.25, 0.3) is 0 Å². The number of rotatable bonds is 2. The number of carboxylic acid groups (broad SMARTS) is 1. The molecule has 5 nitrogen and oxygen atoms in total. The summed E-state index contributed by atoms with van der Waals surface area (Å²) in [7, 11) is 1.46. The van der Waals surface area contributed by atoms with E-state index in [0.29, 0.717) is 5.56 Å². The number of nitrogens with one attached hydrogen (secondary N) is 1. The summed E-state index contributed by atoms with van der Waals surface area (Å²) in [5.41, 5.74) is 0.551. The third kappa shape index (κ3) is 3.03. The van der Waals surface area contributed by atoms with Crippen LogP contribution in [0.2, 0.25) is 0 Å². The Morgan fingerprint density at radius 2 is 1.95 bits per heavy atom. The second-order valence-corrected chi connectivity index (χ2v) is 3.93. The lowest BCUT2D eigenvalue weighted by atomic mass is 9.98. The Balaban J connectivity index is 0.00000180. The van der Waals surface area contributed by atoms with Gasteiger partial charge in [0, 0.05) is 13.2 Å². The lowest BCUT2D eigenvalue weighted by molar-refractivity contribution is -0.133. The van der Waals surface area contributed by atoms with Gasteiger partial charge in [0.2, 0.25) is 0 Å². The molecule has 1 aromatic carbocycles. The summed E-state index contributed by atoms with van der Waals surface area (Å²) >= 11 is 0. The first kappa shape index (κ1) is 15.0. The predicted octanol–water partition coefficient (Wildman–Crippen LogP) is 1.91. The van der Waals surface area contributed by atoms with E-state index in [-0.39, 0.29) is 18.0 Å². The minimum atomic E-state index is -1.13. The van der Waals surface area contributed by atoms with Crippen LogP contribution in [0.1, 0.15) is 11.6 Å². The Bertz CT molecular complexity index is 530. The van der Waals surface area contributed by atoms with E-state index in [2.05, 4.69) is 5.32 Å². The molecule has 1 atom stereocenters. The van der Waals surface area contributed by atoms with Gasteiger partial charge in [0.15, 0.2) is 0 Å². The van der Waals surface area contributed by atoms with Gasteiger partial charge in [0.05, 0.1) is 11.6 Å². The number of nitrogens with zero attached hydrogens (tertiary/aromatic N) is 1. The van der Waals surface area contributed by atoms with Crippen LogP contribution in [0, 0.1) is 5.82 Å². The fourth-order valence-electron chi connectivity index (χ4n) is 1.74. The highest BCUT2D eigenvalue weighted by atomic mass is 35.5. The summed E-state index contributed by atoms with van der Waals surface area (Å²) in [4.78, 5) is 23.8. The van der Waals surface area contributed by atoms with Crippen molar-refractivity contribution in [2.24, 2.45) is 0 Å². The monoisotopic (exact) mass is 286 g/mol. The van der Waals surface area contributed by atoms with E-state index >= 15 is 0 Å². The molecule has 0 fully saturated rings. The van der Waals surface area contributed by atoms with Gasteiger partial charge in [-0.1, -0.05) is 12.1 Å². The SMILES string of the molecule is CN1C=C(C(=O)O)[C@H](c2ccc(F)cc2)NC1=O.Cl. The number of halogens is 2. The van der Waals surface area contributed by atoms with Gasteiger partial charge in [-0.05, 0) is 17.7 Å². The van der Waals surface area contributed by atoms with Crippen molar-refractivity contribution in [3.63, 3.8) is 0 Å². The summed E-state index contributed by atoms with van der Waals surface area (Å²) < 4.78 is 12.8. The molecule has 0 unspecified atom stereocenters. The van der Waals surface area contributed by atoms with Gasteiger partial charge in [-0.15, -0.1) is 12.4 Å². The molecular weight excluding hydrogens is 275 g/mol. The number of amides is 2. The summed E-state index contributed by atoms with van der Waals surface area (Å²) in [5.74, 6) is -1.55. The lowest BCUT2D eigenvalue weighted by Crippen LogP contribution is -2.43. The zero-order valence-electron chi connectivity index (χ0n) is 9.96. The molecule has 102 valence electrons. The number of hydrogen-bond acceptors (Lipinski definition) is 2. The fourth-order valence-corrected chi connectivity index (χ4v) is 1.74. The molecule has 0 radical (unpaired) electrons. The van der Waals surface area contributed by atoms with Crippen LogP contribution in [-0.2, 0) is 4.79 Å². The maximum absolute atomic E-state index is 12.8. The first-order valence-corrected chi connectivity index (χ1v) is 5.23. The molecule has 1 aromatic rings. The average molecular weight is 287 g/mol. The smallest absolute Gasteiger partial charge is 0.335 e. The number of carbonyl (C=O) groups excluding carboxylic acids is 1. The number of urea groups is 1. The quantitative estimate of drug-likeness (QED) is 0.872. The van der Waals surface area contributed by atoms with E-state index < -0.39 is 23.9 Å². The van der Waals surface area contributed by atoms with Crippen LogP contribution in [0.3, 0.4) is 0 Å². The second kappa shape index (κ2) is 5.71. The number of carbonyl (C=O) groups is 2. The molecule has 1 aliphatic heterocycles. The van der Waals surface area contributed by atoms with Gasteiger partial charge < -0.3 is 15.3 Å². The summed E-state index contributed by atoms with van der Waals surface area (Å²) in [6, 6.07) is 4.16.